The average Bonchev–Trinajstić information content (AvgIpc) is 3.44. The summed E-state index contributed by atoms with van der Waals surface area (Å²) in [6.45, 7) is -0.184. The quantitative estimate of drug-likeness (QED) is 0.193. The number of carboxylic acids is 1. The van der Waals surface area contributed by atoms with Crippen molar-refractivity contribution in [1.82, 2.24) is 4.90 Å². The molecule has 0 spiro atoms. The molecule has 2 amide bonds. The zero-order chi connectivity index (χ0) is 27.1. The van der Waals surface area contributed by atoms with Crippen molar-refractivity contribution >= 4 is 40.9 Å². The molecule has 1 saturated carbocycles. The van der Waals surface area contributed by atoms with E-state index in [9.17, 15) is 34.4 Å². The van der Waals surface area contributed by atoms with E-state index in [1.54, 1.807) is 36.4 Å². The lowest BCUT2D eigenvalue weighted by Crippen LogP contribution is -2.39. The number of nitro groups is 1. The monoisotopic (exact) mass is 532 g/mol. The van der Waals surface area contributed by atoms with E-state index < -0.39 is 40.5 Å². The largest absolute Gasteiger partial charge is 0.481 e. The Labute approximate surface area is 221 Å². The molecule has 10 heteroatoms. The van der Waals surface area contributed by atoms with Crippen LogP contribution in [-0.2, 0) is 4.79 Å². The molecule has 0 radical (unpaired) electrons. The number of carbonyl (C=O) groups excluding carboxylic acids is 3. The summed E-state index contributed by atoms with van der Waals surface area (Å²) >= 11 is 5.94. The summed E-state index contributed by atoms with van der Waals surface area (Å²) in [4.78, 5) is 62.8. The second-order valence-corrected chi connectivity index (χ2v) is 9.90. The number of non-ortho nitro benzene ring substituents is 1. The fourth-order valence-corrected chi connectivity index (χ4v) is 5.56. The number of fused-ring (bicyclic) bond motifs is 1. The predicted octanol–water partition coefficient (Wildman–Crippen LogP) is 5.12. The van der Waals surface area contributed by atoms with Gasteiger partial charge >= 0.3 is 5.97 Å². The Balaban J connectivity index is 1.33. The summed E-state index contributed by atoms with van der Waals surface area (Å²) in [6, 6.07) is 17.6. The molecule has 9 nitrogen and oxygen atoms in total. The highest BCUT2D eigenvalue weighted by molar-refractivity contribution is 6.30. The fourth-order valence-electron chi connectivity index (χ4n) is 5.43. The number of halogens is 1. The smallest absolute Gasteiger partial charge is 0.307 e. The van der Waals surface area contributed by atoms with Gasteiger partial charge < -0.3 is 5.11 Å². The van der Waals surface area contributed by atoms with E-state index in [4.69, 9.17) is 11.6 Å². The summed E-state index contributed by atoms with van der Waals surface area (Å²) in [6.07, 6.45) is 0.637. The Kier molecular flexibility index (Phi) is 6.54. The van der Waals surface area contributed by atoms with Crippen LogP contribution in [0.5, 0.6) is 0 Å². The molecule has 1 aliphatic carbocycles. The van der Waals surface area contributed by atoms with Crippen molar-refractivity contribution in [3.8, 4) is 11.1 Å². The standard InChI is InChI=1S/C28H21ClN2O7/c29-19-8-5-16(6-9-19)15-1-3-17(4-2-15)25(32)22-11-7-18(24(22)28(35)36)14-30-26(33)21-12-10-20(31(37)38)13-23(21)27(30)34/h1-6,8-10,12-13,18,22,24H,7,11,14H2,(H,35,36)/t18-,22-,24-/m0/s1. The minimum absolute atomic E-state index is 0.0406. The number of imide groups is 1. The average molecular weight is 533 g/mol. The first-order valence-electron chi connectivity index (χ1n) is 11.9. The molecular formula is C28H21ClN2O7. The van der Waals surface area contributed by atoms with Gasteiger partial charge in [-0.25, -0.2) is 0 Å². The van der Waals surface area contributed by atoms with Crippen molar-refractivity contribution < 1.29 is 29.2 Å². The Morgan fingerprint density at radius 1 is 0.921 bits per heavy atom. The number of hydrogen-bond acceptors (Lipinski definition) is 6. The molecule has 3 aromatic carbocycles. The van der Waals surface area contributed by atoms with Gasteiger partial charge in [-0.15, -0.1) is 0 Å². The number of hydrogen-bond donors (Lipinski definition) is 1. The maximum absolute atomic E-state index is 13.4. The van der Waals surface area contributed by atoms with Crippen molar-refractivity contribution in [2.24, 2.45) is 17.8 Å². The van der Waals surface area contributed by atoms with Gasteiger partial charge in [-0.3, -0.25) is 34.2 Å². The number of nitrogens with zero attached hydrogens (tertiary/aromatic N) is 2. The molecule has 192 valence electrons. The third-order valence-corrected chi connectivity index (χ3v) is 7.59. The lowest BCUT2D eigenvalue weighted by molar-refractivity contribution is -0.384. The number of Topliss-reactive ketones (excluding diaryl/α,β-unsaturated/α-hetero) is 1. The van der Waals surface area contributed by atoms with Crippen LogP contribution in [0.4, 0.5) is 5.69 Å². The summed E-state index contributed by atoms with van der Waals surface area (Å²) < 4.78 is 0. The summed E-state index contributed by atoms with van der Waals surface area (Å²) in [5.41, 5.74) is 1.82. The van der Waals surface area contributed by atoms with E-state index in [0.717, 1.165) is 28.2 Å². The second-order valence-electron chi connectivity index (χ2n) is 9.46. The van der Waals surface area contributed by atoms with Crippen molar-refractivity contribution in [3.05, 3.63) is 98.6 Å². The van der Waals surface area contributed by atoms with Crippen LogP contribution in [0.15, 0.2) is 66.7 Å². The molecule has 3 aromatic rings. The molecule has 0 aromatic heterocycles. The molecule has 0 unspecified atom stereocenters. The number of rotatable bonds is 7. The lowest BCUT2D eigenvalue weighted by Gasteiger charge is -2.24. The first-order chi connectivity index (χ1) is 18.2. The van der Waals surface area contributed by atoms with Crippen molar-refractivity contribution in [2.45, 2.75) is 12.8 Å². The Bertz CT molecular complexity index is 1480. The SMILES string of the molecule is O=C(O)[C@H]1[C@H](CN2C(=O)c3ccc([N+](=O)[O-])cc3C2=O)CC[C@@H]1C(=O)c1ccc(-c2ccc(Cl)cc2)cc1. The Hall–Kier alpha value is -4.37. The van der Waals surface area contributed by atoms with Crippen molar-refractivity contribution in [2.75, 3.05) is 6.54 Å². The Morgan fingerprint density at radius 3 is 2.13 bits per heavy atom. The molecule has 5 rings (SSSR count). The summed E-state index contributed by atoms with van der Waals surface area (Å²) in [7, 11) is 0. The number of amides is 2. The van der Waals surface area contributed by atoms with E-state index >= 15 is 0 Å². The van der Waals surface area contributed by atoms with Crippen LogP contribution in [-0.4, -0.2) is 45.0 Å². The molecule has 38 heavy (non-hydrogen) atoms. The van der Waals surface area contributed by atoms with Crippen molar-refractivity contribution in [3.63, 3.8) is 0 Å². The minimum Gasteiger partial charge on any atom is -0.481 e. The van der Waals surface area contributed by atoms with Gasteiger partial charge in [0.15, 0.2) is 5.78 Å². The maximum atomic E-state index is 13.4. The molecule has 1 fully saturated rings. The summed E-state index contributed by atoms with van der Waals surface area (Å²) in [5, 5.41) is 21.7. The Morgan fingerprint density at radius 2 is 1.53 bits per heavy atom. The topological polar surface area (TPSA) is 135 Å². The van der Waals surface area contributed by atoms with E-state index in [2.05, 4.69) is 0 Å². The highest BCUT2D eigenvalue weighted by Gasteiger charge is 2.47. The number of benzene rings is 3. The predicted molar refractivity (Wildman–Crippen MR) is 137 cm³/mol. The molecular weight excluding hydrogens is 512 g/mol. The number of carboxylic acid groups (broad SMARTS) is 1. The van der Waals surface area contributed by atoms with Crippen LogP contribution in [0.1, 0.15) is 43.9 Å². The molecule has 1 aliphatic heterocycles. The van der Waals surface area contributed by atoms with E-state index in [1.165, 1.54) is 6.07 Å². The fraction of sp³-hybridized carbons (Fsp3) is 0.214. The molecule has 0 bridgehead atoms. The first kappa shape index (κ1) is 25.3. The van der Waals surface area contributed by atoms with Gasteiger partial charge in [0.25, 0.3) is 17.5 Å². The minimum atomic E-state index is -1.17. The van der Waals surface area contributed by atoms with Gasteiger partial charge in [0.05, 0.1) is 22.0 Å². The van der Waals surface area contributed by atoms with Crippen LogP contribution >= 0.6 is 11.6 Å². The number of carbonyl (C=O) groups is 4. The highest BCUT2D eigenvalue weighted by atomic mass is 35.5. The van der Waals surface area contributed by atoms with Gasteiger partial charge in [-0.1, -0.05) is 48.0 Å². The van der Waals surface area contributed by atoms with Gasteiger partial charge in [0.2, 0.25) is 0 Å². The van der Waals surface area contributed by atoms with Crippen LogP contribution in [0, 0.1) is 27.9 Å². The van der Waals surface area contributed by atoms with Gasteiger partial charge in [0, 0.05) is 35.2 Å². The molecule has 1 heterocycles. The zero-order valence-electron chi connectivity index (χ0n) is 19.9. The van der Waals surface area contributed by atoms with Crippen LogP contribution in [0.25, 0.3) is 11.1 Å². The van der Waals surface area contributed by atoms with Crippen LogP contribution < -0.4 is 0 Å². The second kappa shape index (κ2) is 9.83. The van der Waals surface area contributed by atoms with E-state index in [0.29, 0.717) is 23.4 Å². The van der Waals surface area contributed by atoms with Crippen LogP contribution in [0.3, 0.4) is 0 Å². The number of ketones is 1. The van der Waals surface area contributed by atoms with Gasteiger partial charge in [-0.05, 0) is 48.1 Å². The maximum Gasteiger partial charge on any atom is 0.307 e. The third-order valence-electron chi connectivity index (χ3n) is 7.34. The highest BCUT2D eigenvalue weighted by Crippen LogP contribution is 2.41. The zero-order valence-corrected chi connectivity index (χ0v) is 20.6. The van der Waals surface area contributed by atoms with Crippen molar-refractivity contribution in [1.29, 1.82) is 0 Å². The normalized spacial score (nSPS) is 20.4. The van der Waals surface area contributed by atoms with Crippen LogP contribution in [0.2, 0.25) is 5.02 Å². The molecule has 1 N–H and O–H groups in total. The summed E-state index contributed by atoms with van der Waals surface area (Å²) in [5.74, 6) is -5.34. The van der Waals surface area contributed by atoms with Gasteiger partial charge in [-0.2, -0.15) is 0 Å². The molecule has 3 atom stereocenters. The molecule has 2 aliphatic rings. The van der Waals surface area contributed by atoms with E-state index in [1.807, 2.05) is 12.1 Å². The molecule has 0 saturated heterocycles. The van der Waals surface area contributed by atoms with E-state index in [-0.39, 0.29) is 29.1 Å². The lowest BCUT2D eigenvalue weighted by atomic mass is 9.84. The number of nitro benzene ring substituents is 1. The third kappa shape index (κ3) is 4.45. The first-order valence-corrected chi connectivity index (χ1v) is 12.3. The number of aliphatic carboxylic acids is 1. The van der Waals surface area contributed by atoms with Gasteiger partial charge in [0.1, 0.15) is 0 Å².